The molecule has 9 heteroatoms. The van der Waals surface area contributed by atoms with Crippen molar-refractivity contribution in [2.45, 2.75) is 30.8 Å². The third-order valence-electron chi connectivity index (χ3n) is 3.99. The minimum absolute atomic E-state index is 0.269. The lowest BCUT2D eigenvalue weighted by Gasteiger charge is -2.09. The molecule has 138 valence electrons. The van der Waals surface area contributed by atoms with Gasteiger partial charge in [0.25, 0.3) is 0 Å². The normalized spacial score (nSPS) is 12.2. The third-order valence-corrected chi connectivity index (χ3v) is 5.01. The van der Waals surface area contributed by atoms with Gasteiger partial charge in [0.15, 0.2) is 0 Å². The summed E-state index contributed by atoms with van der Waals surface area (Å²) in [6, 6.07) is 8.62. The van der Waals surface area contributed by atoms with Gasteiger partial charge < -0.3 is 0 Å². The van der Waals surface area contributed by atoms with Gasteiger partial charge in [-0.15, -0.1) is 0 Å². The number of nitrogens with zero attached hydrogens (tertiary/aromatic N) is 5. The maximum absolute atomic E-state index is 13.1. The first kappa shape index (κ1) is 17.7. The fourth-order valence-electron chi connectivity index (χ4n) is 2.81. The van der Waals surface area contributed by atoms with Gasteiger partial charge in [-0.2, -0.15) is 13.2 Å². The average Bonchev–Trinajstić information content (AvgIpc) is 3.02. The smallest absolute Gasteiger partial charge is 0.288 e. The molecule has 0 fully saturated rings. The van der Waals surface area contributed by atoms with E-state index in [0.717, 1.165) is 17.1 Å². The van der Waals surface area contributed by atoms with E-state index in [1.165, 1.54) is 11.8 Å². The minimum atomic E-state index is -4.60. The van der Waals surface area contributed by atoms with Gasteiger partial charge in [-0.3, -0.25) is 4.40 Å². The van der Waals surface area contributed by atoms with Gasteiger partial charge in [-0.25, -0.2) is 19.9 Å². The molecular weight excluding hydrogens is 375 g/mol. The number of rotatable bonds is 3. The molecule has 0 aliphatic heterocycles. The quantitative estimate of drug-likeness (QED) is 0.379. The Balaban J connectivity index is 1.70. The number of benzene rings is 1. The number of alkyl halides is 3. The highest BCUT2D eigenvalue weighted by molar-refractivity contribution is 7.98. The Labute approximate surface area is 156 Å². The Morgan fingerprint density at radius 3 is 2.59 bits per heavy atom. The van der Waals surface area contributed by atoms with Crippen LogP contribution < -0.4 is 0 Å². The fraction of sp³-hybridized carbons (Fsp3) is 0.222. The molecule has 1 aromatic carbocycles. The minimum Gasteiger partial charge on any atom is -0.288 e. The number of fused-ring (bicyclic) bond motifs is 2. The Bertz CT molecular complexity index is 1150. The summed E-state index contributed by atoms with van der Waals surface area (Å²) in [7, 11) is 0. The Morgan fingerprint density at radius 1 is 1.04 bits per heavy atom. The Hall–Kier alpha value is -2.68. The first-order chi connectivity index (χ1) is 12.8. The van der Waals surface area contributed by atoms with Crippen LogP contribution in [0.15, 0.2) is 41.6 Å². The van der Waals surface area contributed by atoms with Gasteiger partial charge in [0.1, 0.15) is 5.03 Å². The number of hydrogen-bond donors (Lipinski definition) is 0. The maximum atomic E-state index is 13.1. The lowest BCUT2D eigenvalue weighted by atomic mass is 10.2. The van der Waals surface area contributed by atoms with Crippen LogP contribution in [0, 0.1) is 13.8 Å². The van der Waals surface area contributed by atoms with Gasteiger partial charge in [-0.05, 0) is 26.0 Å². The van der Waals surface area contributed by atoms with E-state index in [1.807, 2.05) is 30.5 Å². The van der Waals surface area contributed by atoms with E-state index in [-0.39, 0.29) is 10.5 Å². The molecule has 0 radical (unpaired) electrons. The second-order valence-corrected chi connectivity index (χ2v) is 7.06. The largest absolute Gasteiger partial charge is 0.451 e. The number of imidazole rings is 1. The molecule has 0 spiro atoms. The van der Waals surface area contributed by atoms with Crippen molar-refractivity contribution in [2.24, 2.45) is 0 Å². The number of aryl methyl sites for hydroxylation is 2. The lowest BCUT2D eigenvalue weighted by molar-refractivity contribution is -0.145. The SMILES string of the molecule is Cc1cc(C)n2cc(CSc3nc(C(F)(F)F)nc4ccccc34)nc2n1. The zero-order chi connectivity index (χ0) is 19.2. The molecule has 4 rings (SSSR count). The Morgan fingerprint density at radius 2 is 1.81 bits per heavy atom. The van der Waals surface area contributed by atoms with E-state index < -0.39 is 12.0 Å². The van der Waals surface area contributed by atoms with Crippen molar-refractivity contribution >= 4 is 28.4 Å². The molecule has 0 saturated carbocycles. The standard InChI is InChI=1S/C18H14F3N5S/c1-10-7-11(2)26-8-12(23-17(26)22-10)9-27-15-13-5-3-4-6-14(13)24-16(25-15)18(19,20)21/h3-8H,9H2,1-2H3. The third kappa shape index (κ3) is 3.46. The molecule has 0 bridgehead atoms. The van der Waals surface area contributed by atoms with Gasteiger partial charge in [-0.1, -0.05) is 30.0 Å². The topological polar surface area (TPSA) is 56.0 Å². The molecule has 3 heterocycles. The van der Waals surface area contributed by atoms with Crippen LogP contribution in [0.4, 0.5) is 13.2 Å². The van der Waals surface area contributed by atoms with Gasteiger partial charge in [0.2, 0.25) is 11.6 Å². The number of halogens is 3. The molecule has 0 saturated heterocycles. The van der Waals surface area contributed by atoms with Crippen molar-refractivity contribution < 1.29 is 13.2 Å². The molecule has 27 heavy (non-hydrogen) atoms. The van der Waals surface area contributed by atoms with Gasteiger partial charge in [0, 0.05) is 28.7 Å². The van der Waals surface area contributed by atoms with Crippen molar-refractivity contribution in [1.82, 2.24) is 24.3 Å². The summed E-state index contributed by atoms with van der Waals surface area (Å²) < 4.78 is 41.2. The summed E-state index contributed by atoms with van der Waals surface area (Å²) in [6.45, 7) is 3.84. The maximum Gasteiger partial charge on any atom is 0.451 e. The molecule has 0 aliphatic carbocycles. The van der Waals surface area contributed by atoms with E-state index >= 15 is 0 Å². The molecule has 0 N–H and O–H groups in total. The number of hydrogen-bond acceptors (Lipinski definition) is 5. The molecule has 5 nitrogen and oxygen atoms in total. The number of para-hydroxylation sites is 1. The highest BCUT2D eigenvalue weighted by Crippen LogP contribution is 2.33. The molecule has 0 aliphatic rings. The summed E-state index contributed by atoms with van der Waals surface area (Å²) in [5.41, 5.74) is 2.84. The molecule has 0 unspecified atom stereocenters. The highest BCUT2D eigenvalue weighted by atomic mass is 32.2. The van der Waals surface area contributed by atoms with Crippen molar-refractivity contribution in [2.75, 3.05) is 0 Å². The zero-order valence-corrected chi connectivity index (χ0v) is 15.3. The van der Waals surface area contributed by atoms with Crippen LogP contribution in [0.3, 0.4) is 0 Å². The van der Waals surface area contributed by atoms with E-state index in [9.17, 15) is 13.2 Å². The monoisotopic (exact) mass is 389 g/mol. The molecule has 4 aromatic rings. The van der Waals surface area contributed by atoms with E-state index in [0.29, 0.717) is 16.9 Å². The molecular formula is C18H14F3N5S. The summed E-state index contributed by atoms with van der Waals surface area (Å²) in [5.74, 6) is -0.182. The summed E-state index contributed by atoms with van der Waals surface area (Å²) in [6.07, 6.45) is -2.75. The molecule has 0 atom stereocenters. The summed E-state index contributed by atoms with van der Waals surface area (Å²) in [5, 5.41) is 0.871. The van der Waals surface area contributed by atoms with E-state index in [1.54, 1.807) is 24.3 Å². The first-order valence-electron chi connectivity index (χ1n) is 8.10. The zero-order valence-electron chi connectivity index (χ0n) is 14.4. The predicted molar refractivity (Wildman–Crippen MR) is 96.6 cm³/mol. The van der Waals surface area contributed by atoms with Crippen molar-refractivity contribution in [3.8, 4) is 0 Å². The van der Waals surface area contributed by atoms with E-state index in [2.05, 4.69) is 19.9 Å². The van der Waals surface area contributed by atoms with E-state index in [4.69, 9.17) is 0 Å². The van der Waals surface area contributed by atoms with Gasteiger partial charge in [0.05, 0.1) is 11.2 Å². The van der Waals surface area contributed by atoms with Crippen molar-refractivity contribution in [3.63, 3.8) is 0 Å². The second kappa shape index (κ2) is 6.49. The van der Waals surface area contributed by atoms with Crippen LogP contribution in [0.1, 0.15) is 22.9 Å². The van der Waals surface area contributed by atoms with Crippen molar-refractivity contribution in [3.05, 3.63) is 59.4 Å². The molecule has 3 aromatic heterocycles. The average molecular weight is 389 g/mol. The van der Waals surface area contributed by atoms with Crippen molar-refractivity contribution in [1.29, 1.82) is 0 Å². The summed E-state index contributed by atoms with van der Waals surface area (Å²) >= 11 is 1.20. The first-order valence-corrected chi connectivity index (χ1v) is 9.09. The molecule has 0 amide bonds. The van der Waals surface area contributed by atoms with Crippen LogP contribution in [0.2, 0.25) is 0 Å². The van der Waals surface area contributed by atoms with Crippen LogP contribution in [0.5, 0.6) is 0 Å². The van der Waals surface area contributed by atoms with Crippen LogP contribution in [-0.2, 0) is 11.9 Å². The Kier molecular flexibility index (Phi) is 4.26. The second-order valence-electron chi connectivity index (χ2n) is 6.10. The van der Waals surface area contributed by atoms with Crippen LogP contribution >= 0.6 is 11.8 Å². The lowest BCUT2D eigenvalue weighted by Crippen LogP contribution is -2.11. The highest BCUT2D eigenvalue weighted by Gasteiger charge is 2.35. The van der Waals surface area contributed by atoms with Crippen LogP contribution in [0.25, 0.3) is 16.7 Å². The van der Waals surface area contributed by atoms with Gasteiger partial charge >= 0.3 is 6.18 Å². The van der Waals surface area contributed by atoms with Crippen LogP contribution in [-0.4, -0.2) is 24.3 Å². The number of aromatic nitrogens is 5. The number of thioether (sulfide) groups is 1. The fourth-order valence-corrected chi connectivity index (χ4v) is 3.72. The predicted octanol–water partition coefficient (Wildman–Crippen LogP) is 4.60. The summed E-state index contributed by atoms with van der Waals surface area (Å²) in [4.78, 5) is 16.2.